The number of amides is 1. The van der Waals surface area contributed by atoms with Crippen LogP contribution in [0.5, 0.6) is 0 Å². The Hall–Kier alpha value is -3.23. The normalized spacial score (nSPS) is 19.2. The SMILES string of the molecule is CC(=O)c1ccc(NC(=O)[C@H](SC(=S)N2C[C@@H]3C[C@@H](C2)c2cccc(=O)n2C3)c2ccccc2)cc1. The van der Waals surface area contributed by atoms with Crippen molar-refractivity contribution in [2.45, 2.75) is 31.1 Å². The molecule has 3 heterocycles. The van der Waals surface area contributed by atoms with Crippen LogP contribution in [0.2, 0.25) is 0 Å². The van der Waals surface area contributed by atoms with Crippen LogP contribution in [0.25, 0.3) is 0 Å². The Morgan fingerprint density at radius 3 is 2.44 bits per heavy atom. The molecule has 0 unspecified atom stereocenters. The number of hydrogen-bond donors (Lipinski definition) is 1. The van der Waals surface area contributed by atoms with E-state index in [9.17, 15) is 14.4 Å². The number of likely N-dealkylation sites (tertiary alicyclic amines) is 1. The number of piperidine rings is 1. The van der Waals surface area contributed by atoms with Crippen molar-refractivity contribution in [1.29, 1.82) is 0 Å². The number of rotatable bonds is 5. The first kappa shape index (κ1) is 24.5. The zero-order chi connectivity index (χ0) is 25.2. The Morgan fingerprint density at radius 2 is 1.72 bits per heavy atom. The molecule has 2 aliphatic heterocycles. The summed E-state index contributed by atoms with van der Waals surface area (Å²) in [4.78, 5) is 39.6. The number of carbonyl (C=O) groups excluding carboxylic acids is 2. The Kier molecular flexibility index (Phi) is 7.07. The molecule has 3 aromatic rings. The first-order valence-corrected chi connectivity index (χ1v) is 13.3. The van der Waals surface area contributed by atoms with E-state index in [-0.39, 0.29) is 23.2 Å². The van der Waals surface area contributed by atoms with Crippen LogP contribution in [0.3, 0.4) is 0 Å². The third-order valence-corrected chi connectivity index (χ3v) is 8.58. The number of fused-ring (bicyclic) bond motifs is 4. The first-order chi connectivity index (χ1) is 17.4. The molecule has 3 atom stereocenters. The molecule has 6 nitrogen and oxygen atoms in total. The minimum atomic E-state index is -0.525. The lowest BCUT2D eigenvalue weighted by atomic mass is 9.83. The number of pyridine rings is 1. The number of carbonyl (C=O) groups is 2. The third-order valence-electron chi connectivity index (χ3n) is 6.86. The average Bonchev–Trinajstić information content (AvgIpc) is 2.88. The van der Waals surface area contributed by atoms with Crippen molar-refractivity contribution in [3.05, 3.63) is 100.0 Å². The molecule has 5 rings (SSSR count). The van der Waals surface area contributed by atoms with Gasteiger partial charge in [0.25, 0.3) is 5.56 Å². The second-order valence-corrected chi connectivity index (χ2v) is 11.1. The van der Waals surface area contributed by atoms with Gasteiger partial charge in [-0.3, -0.25) is 14.4 Å². The quantitative estimate of drug-likeness (QED) is 0.385. The lowest BCUT2D eigenvalue weighted by Crippen LogP contribution is -2.48. The van der Waals surface area contributed by atoms with Gasteiger partial charge in [0.1, 0.15) is 9.57 Å². The Balaban J connectivity index is 1.33. The number of hydrogen-bond acceptors (Lipinski definition) is 5. The molecule has 2 aromatic carbocycles. The van der Waals surface area contributed by atoms with E-state index in [1.54, 1.807) is 30.3 Å². The number of thioether (sulfide) groups is 1. The highest BCUT2D eigenvalue weighted by molar-refractivity contribution is 8.23. The van der Waals surface area contributed by atoms with Crippen LogP contribution >= 0.6 is 24.0 Å². The molecule has 2 aliphatic rings. The van der Waals surface area contributed by atoms with Crippen LogP contribution in [0.4, 0.5) is 5.69 Å². The van der Waals surface area contributed by atoms with Gasteiger partial charge < -0.3 is 14.8 Å². The lowest BCUT2D eigenvalue weighted by Gasteiger charge is -2.43. The van der Waals surface area contributed by atoms with Gasteiger partial charge in [0.2, 0.25) is 5.91 Å². The number of nitrogens with one attached hydrogen (secondary N) is 1. The smallest absolute Gasteiger partial charge is 0.250 e. The molecular weight excluding hydrogens is 490 g/mol. The second-order valence-electron chi connectivity index (χ2n) is 9.40. The van der Waals surface area contributed by atoms with E-state index < -0.39 is 5.25 Å². The summed E-state index contributed by atoms with van der Waals surface area (Å²) in [6.45, 7) is 3.73. The van der Waals surface area contributed by atoms with Gasteiger partial charge in [-0.05, 0) is 55.2 Å². The highest BCUT2D eigenvalue weighted by atomic mass is 32.2. The molecule has 1 N–H and O–H groups in total. The standard InChI is InChI=1S/C28H27N3O3S2/c1-18(32)20-10-12-23(13-11-20)29-27(34)26(21-6-3-2-4-7-21)36-28(35)30-15-19-14-22(17-30)24-8-5-9-25(33)31(24)16-19/h2-13,19,22,26H,14-17H2,1H3,(H,29,34)/t19-,22-,26+/m0/s1. The van der Waals surface area contributed by atoms with Crippen molar-refractivity contribution in [2.75, 3.05) is 18.4 Å². The summed E-state index contributed by atoms with van der Waals surface area (Å²) in [7, 11) is 0. The molecule has 1 fully saturated rings. The topological polar surface area (TPSA) is 71.4 Å². The third kappa shape index (κ3) is 5.15. The highest BCUT2D eigenvalue weighted by Crippen LogP contribution is 2.39. The summed E-state index contributed by atoms with van der Waals surface area (Å²) in [5, 5.41) is 2.46. The summed E-state index contributed by atoms with van der Waals surface area (Å²) in [5.74, 6) is 0.403. The van der Waals surface area contributed by atoms with E-state index >= 15 is 0 Å². The monoisotopic (exact) mass is 517 g/mol. The number of nitrogens with zero attached hydrogens (tertiary/aromatic N) is 2. The molecule has 2 bridgehead atoms. The summed E-state index contributed by atoms with van der Waals surface area (Å²) < 4.78 is 2.59. The summed E-state index contributed by atoms with van der Waals surface area (Å²) in [6, 6.07) is 22.0. The Morgan fingerprint density at radius 1 is 0.972 bits per heavy atom. The van der Waals surface area contributed by atoms with Crippen molar-refractivity contribution in [3.63, 3.8) is 0 Å². The van der Waals surface area contributed by atoms with Crippen molar-refractivity contribution >= 4 is 45.7 Å². The van der Waals surface area contributed by atoms with Crippen LogP contribution in [-0.4, -0.2) is 38.6 Å². The summed E-state index contributed by atoms with van der Waals surface area (Å²) in [6.07, 6.45) is 1.05. The molecule has 1 amide bonds. The molecular formula is C28H27N3O3S2. The van der Waals surface area contributed by atoms with Gasteiger partial charge in [-0.1, -0.05) is 60.4 Å². The van der Waals surface area contributed by atoms with Gasteiger partial charge in [0, 0.05) is 48.6 Å². The number of thiocarbonyl (C=S) groups is 1. The molecule has 36 heavy (non-hydrogen) atoms. The fourth-order valence-electron chi connectivity index (χ4n) is 5.12. The maximum absolute atomic E-state index is 13.4. The highest BCUT2D eigenvalue weighted by Gasteiger charge is 2.36. The predicted molar refractivity (Wildman–Crippen MR) is 148 cm³/mol. The maximum atomic E-state index is 13.4. The first-order valence-electron chi connectivity index (χ1n) is 12.0. The van der Waals surface area contributed by atoms with Gasteiger partial charge in [-0.15, -0.1) is 0 Å². The van der Waals surface area contributed by atoms with Crippen molar-refractivity contribution < 1.29 is 9.59 Å². The molecule has 0 radical (unpaired) electrons. The Labute approximate surface area is 219 Å². The minimum Gasteiger partial charge on any atom is -0.356 e. The largest absolute Gasteiger partial charge is 0.356 e. The van der Waals surface area contributed by atoms with Crippen LogP contribution in [0.15, 0.2) is 77.6 Å². The van der Waals surface area contributed by atoms with Gasteiger partial charge in [-0.25, -0.2) is 0 Å². The minimum absolute atomic E-state index is 0.0188. The number of anilines is 1. The molecule has 0 aliphatic carbocycles. The predicted octanol–water partition coefficient (Wildman–Crippen LogP) is 4.87. The fraction of sp³-hybridized carbons (Fsp3) is 0.286. The molecule has 0 spiro atoms. The molecule has 8 heteroatoms. The zero-order valence-corrected chi connectivity index (χ0v) is 21.6. The molecule has 184 valence electrons. The van der Waals surface area contributed by atoms with E-state index in [2.05, 4.69) is 10.2 Å². The summed E-state index contributed by atoms with van der Waals surface area (Å²) >= 11 is 7.27. The number of aromatic nitrogens is 1. The lowest BCUT2D eigenvalue weighted by molar-refractivity contribution is -0.115. The van der Waals surface area contributed by atoms with Gasteiger partial charge >= 0.3 is 0 Å². The number of Topliss-reactive ketones (excluding diaryl/α,β-unsaturated/α-hetero) is 1. The van der Waals surface area contributed by atoms with Gasteiger partial charge in [-0.2, -0.15) is 0 Å². The molecule has 1 aromatic heterocycles. The van der Waals surface area contributed by atoms with Crippen LogP contribution in [0.1, 0.15) is 46.1 Å². The average molecular weight is 518 g/mol. The molecule has 0 saturated carbocycles. The van der Waals surface area contributed by atoms with Crippen molar-refractivity contribution in [2.24, 2.45) is 5.92 Å². The van der Waals surface area contributed by atoms with Crippen LogP contribution in [-0.2, 0) is 11.3 Å². The van der Waals surface area contributed by atoms with E-state index in [4.69, 9.17) is 12.2 Å². The maximum Gasteiger partial charge on any atom is 0.250 e. The van der Waals surface area contributed by atoms with Crippen LogP contribution in [0, 0.1) is 5.92 Å². The van der Waals surface area contributed by atoms with Crippen LogP contribution < -0.4 is 10.9 Å². The van der Waals surface area contributed by atoms with E-state index in [0.717, 1.165) is 30.8 Å². The number of ketones is 1. The summed E-state index contributed by atoms with van der Waals surface area (Å²) in [5.41, 5.74) is 3.24. The van der Waals surface area contributed by atoms with Gasteiger partial charge in [0.05, 0.1) is 0 Å². The van der Waals surface area contributed by atoms with E-state index in [1.807, 2.05) is 47.0 Å². The molecule has 1 saturated heterocycles. The van der Waals surface area contributed by atoms with Crippen molar-refractivity contribution in [1.82, 2.24) is 9.47 Å². The van der Waals surface area contributed by atoms with E-state index in [0.29, 0.717) is 28.0 Å². The van der Waals surface area contributed by atoms with E-state index in [1.165, 1.54) is 18.7 Å². The van der Waals surface area contributed by atoms with Gasteiger partial charge in [0.15, 0.2) is 5.78 Å². The van der Waals surface area contributed by atoms with Crippen molar-refractivity contribution in [3.8, 4) is 0 Å². The zero-order valence-electron chi connectivity index (χ0n) is 19.9. The second kappa shape index (κ2) is 10.4. The number of benzene rings is 2. The fourth-order valence-corrected chi connectivity index (χ4v) is 6.51. The Bertz CT molecular complexity index is 1350.